The second-order valence-corrected chi connectivity index (χ2v) is 6.10. The van der Waals surface area contributed by atoms with E-state index in [0.29, 0.717) is 23.0 Å². The molecule has 0 atom stereocenters. The number of hydrogen-bond acceptors (Lipinski definition) is 10. The molecular weight excluding hydrogens is 400 g/mol. The average molecular weight is 422 g/mol. The van der Waals surface area contributed by atoms with E-state index < -0.39 is 0 Å². The summed E-state index contributed by atoms with van der Waals surface area (Å²) in [5.41, 5.74) is 7.27. The molecular formula is C21H22N6O4. The lowest BCUT2D eigenvalue weighted by atomic mass is 10.2. The van der Waals surface area contributed by atoms with Gasteiger partial charge in [-0.15, -0.1) is 0 Å². The summed E-state index contributed by atoms with van der Waals surface area (Å²) in [5, 5.41) is 0. The van der Waals surface area contributed by atoms with Crippen molar-refractivity contribution in [2.45, 2.75) is 0 Å². The number of nitrogens with two attached hydrogens (primary N) is 1. The molecule has 10 heteroatoms. The van der Waals surface area contributed by atoms with Gasteiger partial charge in [-0.2, -0.15) is 15.0 Å². The fraction of sp³-hybridized carbons (Fsp3) is 0.190. The first-order chi connectivity index (χ1) is 15.0. The number of methoxy groups -OCH3 is 4. The predicted octanol–water partition coefficient (Wildman–Crippen LogP) is 2.99. The van der Waals surface area contributed by atoms with Crippen LogP contribution in [0.5, 0.6) is 23.0 Å². The Morgan fingerprint density at radius 3 is 1.29 bits per heavy atom. The first-order valence-electron chi connectivity index (χ1n) is 9.08. The second kappa shape index (κ2) is 10.0. The molecule has 0 aliphatic heterocycles. The van der Waals surface area contributed by atoms with E-state index in [4.69, 9.17) is 24.7 Å². The number of nitrogens with zero attached hydrogens (tertiary/aromatic N) is 5. The van der Waals surface area contributed by atoms with Gasteiger partial charge in [0, 0.05) is 35.7 Å². The normalized spacial score (nSPS) is 11.1. The van der Waals surface area contributed by atoms with Gasteiger partial charge >= 0.3 is 0 Å². The maximum atomic E-state index is 5.79. The van der Waals surface area contributed by atoms with Gasteiger partial charge in [-0.05, 0) is 24.3 Å². The number of rotatable bonds is 8. The molecule has 0 aliphatic carbocycles. The lowest BCUT2D eigenvalue weighted by Crippen LogP contribution is -1.97. The minimum atomic E-state index is 0.000690. The topological polar surface area (TPSA) is 126 Å². The van der Waals surface area contributed by atoms with Crippen molar-refractivity contribution < 1.29 is 18.9 Å². The zero-order valence-electron chi connectivity index (χ0n) is 17.6. The van der Waals surface area contributed by atoms with E-state index >= 15 is 0 Å². The standard InChI is InChI=1S/C21H22N6O4/c1-28-15-5-13(6-16(9-15)29-2)11-23-20-25-19(22)26-21(27-20)24-12-14-7-17(30-3)10-18(8-14)31-4/h5-12H,1-4H3,(H2,22,25,26,27). The molecule has 0 amide bonds. The molecule has 160 valence electrons. The molecule has 0 aliphatic rings. The van der Waals surface area contributed by atoms with Crippen LogP contribution in [-0.2, 0) is 0 Å². The van der Waals surface area contributed by atoms with Crippen molar-refractivity contribution >= 4 is 30.3 Å². The zero-order chi connectivity index (χ0) is 22.2. The molecule has 31 heavy (non-hydrogen) atoms. The molecule has 0 spiro atoms. The Kier molecular flexibility index (Phi) is 6.94. The minimum Gasteiger partial charge on any atom is -0.497 e. The molecule has 0 saturated heterocycles. The largest absolute Gasteiger partial charge is 0.497 e. The Balaban J connectivity index is 1.86. The second-order valence-electron chi connectivity index (χ2n) is 6.10. The zero-order valence-corrected chi connectivity index (χ0v) is 17.6. The van der Waals surface area contributed by atoms with Gasteiger partial charge in [0.2, 0.25) is 5.95 Å². The van der Waals surface area contributed by atoms with E-state index in [1.54, 1.807) is 77.3 Å². The van der Waals surface area contributed by atoms with Crippen LogP contribution in [0.1, 0.15) is 11.1 Å². The Morgan fingerprint density at radius 1 is 0.613 bits per heavy atom. The summed E-state index contributed by atoms with van der Waals surface area (Å²) in [6.07, 6.45) is 3.14. The molecule has 10 nitrogen and oxygen atoms in total. The van der Waals surface area contributed by atoms with E-state index in [1.165, 1.54) is 0 Å². The van der Waals surface area contributed by atoms with Crippen molar-refractivity contribution in [1.29, 1.82) is 0 Å². The van der Waals surface area contributed by atoms with Crippen LogP contribution in [-0.4, -0.2) is 55.8 Å². The van der Waals surface area contributed by atoms with Crippen molar-refractivity contribution in [3.05, 3.63) is 47.5 Å². The van der Waals surface area contributed by atoms with Crippen molar-refractivity contribution in [3.63, 3.8) is 0 Å². The molecule has 3 rings (SSSR count). The fourth-order valence-corrected chi connectivity index (χ4v) is 2.56. The molecule has 0 unspecified atom stereocenters. The summed E-state index contributed by atoms with van der Waals surface area (Å²) in [6, 6.07) is 10.7. The molecule has 0 radical (unpaired) electrons. The van der Waals surface area contributed by atoms with Gasteiger partial charge in [-0.1, -0.05) is 0 Å². The Labute approximate surface area is 179 Å². The van der Waals surface area contributed by atoms with Gasteiger partial charge < -0.3 is 24.7 Å². The van der Waals surface area contributed by atoms with Crippen molar-refractivity contribution in [1.82, 2.24) is 15.0 Å². The summed E-state index contributed by atoms with van der Waals surface area (Å²) in [4.78, 5) is 20.8. The lowest BCUT2D eigenvalue weighted by Gasteiger charge is -2.05. The molecule has 0 fully saturated rings. The number of hydrogen-bond donors (Lipinski definition) is 1. The van der Waals surface area contributed by atoms with Crippen molar-refractivity contribution in [2.75, 3.05) is 34.2 Å². The summed E-state index contributed by atoms with van der Waals surface area (Å²) < 4.78 is 21.0. The van der Waals surface area contributed by atoms with Gasteiger partial charge in [0.05, 0.1) is 28.4 Å². The summed E-state index contributed by atoms with van der Waals surface area (Å²) in [6.45, 7) is 0. The SMILES string of the molecule is COc1cc(C=Nc2nc(N)nc(N=Cc3cc(OC)cc(OC)c3)n2)cc(OC)c1. The number of aliphatic imine (C=N–C) groups is 2. The Morgan fingerprint density at radius 2 is 0.968 bits per heavy atom. The maximum Gasteiger partial charge on any atom is 0.256 e. The summed E-state index contributed by atoms with van der Waals surface area (Å²) >= 11 is 0. The monoisotopic (exact) mass is 422 g/mol. The highest BCUT2D eigenvalue weighted by atomic mass is 16.5. The first-order valence-corrected chi connectivity index (χ1v) is 9.08. The Bertz CT molecular complexity index is 989. The highest BCUT2D eigenvalue weighted by molar-refractivity contribution is 5.83. The molecule has 3 aromatic rings. The predicted molar refractivity (Wildman–Crippen MR) is 118 cm³/mol. The Hall–Kier alpha value is -4.21. The van der Waals surface area contributed by atoms with Crippen LogP contribution in [0, 0.1) is 0 Å². The van der Waals surface area contributed by atoms with E-state index in [9.17, 15) is 0 Å². The number of aromatic nitrogens is 3. The highest BCUT2D eigenvalue weighted by Gasteiger charge is 2.05. The number of ether oxygens (including phenoxy) is 4. The van der Waals surface area contributed by atoms with Gasteiger partial charge in [-0.25, -0.2) is 9.98 Å². The van der Waals surface area contributed by atoms with Gasteiger partial charge in [0.1, 0.15) is 23.0 Å². The summed E-state index contributed by atoms with van der Waals surface area (Å²) in [7, 11) is 6.30. The maximum absolute atomic E-state index is 5.79. The molecule has 1 aromatic heterocycles. The molecule has 0 bridgehead atoms. The molecule has 1 heterocycles. The van der Waals surface area contributed by atoms with Gasteiger partial charge in [0.25, 0.3) is 11.9 Å². The first kappa shape index (κ1) is 21.5. The minimum absolute atomic E-state index is 0.000690. The van der Waals surface area contributed by atoms with Crippen LogP contribution in [0.3, 0.4) is 0 Å². The van der Waals surface area contributed by atoms with Gasteiger partial charge in [0.15, 0.2) is 0 Å². The fourth-order valence-electron chi connectivity index (χ4n) is 2.56. The lowest BCUT2D eigenvalue weighted by molar-refractivity contribution is 0.394. The highest BCUT2D eigenvalue weighted by Crippen LogP contribution is 2.23. The molecule has 2 N–H and O–H groups in total. The van der Waals surface area contributed by atoms with Crippen LogP contribution in [0.4, 0.5) is 17.8 Å². The van der Waals surface area contributed by atoms with E-state index in [-0.39, 0.29) is 17.8 Å². The van der Waals surface area contributed by atoms with Crippen LogP contribution in [0.25, 0.3) is 0 Å². The molecule has 2 aromatic carbocycles. The van der Waals surface area contributed by atoms with Gasteiger partial charge in [-0.3, -0.25) is 0 Å². The van der Waals surface area contributed by atoms with Crippen molar-refractivity contribution in [3.8, 4) is 23.0 Å². The van der Waals surface area contributed by atoms with E-state index in [2.05, 4.69) is 24.9 Å². The van der Waals surface area contributed by atoms with Crippen LogP contribution < -0.4 is 24.7 Å². The summed E-state index contributed by atoms with van der Waals surface area (Å²) in [5.74, 6) is 2.77. The van der Waals surface area contributed by atoms with Crippen LogP contribution >= 0.6 is 0 Å². The third-order valence-corrected chi connectivity index (χ3v) is 4.03. The van der Waals surface area contributed by atoms with E-state index in [0.717, 1.165) is 11.1 Å². The van der Waals surface area contributed by atoms with E-state index in [1.807, 2.05) is 0 Å². The molecule has 0 saturated carbocycles. The third kappa shape index (κ3) is 5.89. The van der Waals surface area contributed by atoms with Crippen LogP contribution in [0.2, 0.25) is 0 Å². The third-order valence-electron chi connectivity index (χ3n) is 4.03. The quantitative estimate of drug-likeness (QED) is 0.549. The average Bonchev–Trinajstić information content (AvgIpc) is 2.80. The number of nitrogen functional groups attached to an aromatic ring is 1. The van der Waals surface area contributed by atoms with Crippen LogP contribution in [0.15, 0.2) is 46.4 Å². The number of anilines is 1. The smallest absolute Gasteiger partial charge is 0.256 e. The number of benzene rings is 2. The van der Waals surface area contributed by atoms with Crippen molar-refractivity contribution in [2.24, 2.45) is 9.98 Å².